The summed E-state index contributed by atoms with van der Waals surface area (Å²) in [7, 11) is 0. The van der Waals surface area contributed by atoms with Crippen LogP contribution in [0.2, 0.25) is 0 Å². The third kappa shape index (κ3) is 0.956. The summed E-state index contributed by atoms with van der Waals surface area (Å²) in [4.78, 5) is 0. The molecule has 1 heterocycles. The number of nitrogens with two attached hydrogens (primary N) is 1. The molecule has 2 rings (SSSR count). The molecule has 0 bridgehead atoms. The van der Waals surface area contributed by atoms with Crippen LogP contribution in [0.1, 0.15) is 25.7 Å². The van der Waals surface area contributed by atoms with E-state index >= 15 is 0 Å². The van der Waals surface area contributed by atoms with Gasteiger partial charge in [0.15, 0.2) is 0 Å². The van der Waals surface area contributed by atoms with E-state index in [0.717, 1.165) is 6.61 Å². The van der Waals surface area contributed by atoms with Crippen molar-refractivity contribution >= 4 is 0 Å². The van der Waals surface area contributed by atoms with Gasteiger partial charge in [0, 0.05) is 12.0 Å². The molecular formula is C8H15NO. The lowest BCUT2D eigenvalue weighted by Gasteiger charge is -2.25. The maximum absolute atomic E-state index is 5.86. The average Bonchev–Trinajstić information content (AvgIpc) is 2.34. The van der Waals surface area contributed by atoms with Crippen molar-refractivity contribution in [2.45, 2.75) is 37.8 Å². The Balaban J connectivity index is 2.01. The van der Waals surface area contributed by atoms with Crippen LogP contribution in [0.5, 0.6) is 0 Å². The van der Waals surface area contributed by atoms with E-state index in [-0.39, 0.29) is 0 Å². The van der Waals surface area contributed by atoms with E-state index in [1.54, 1.807) is 0 Å². The van der Waals surface area contributed by atoms with Gasteiger partial charge in [-0.15, -0.1) is 0 Å². The van der Waals surface area contributed by atoms with Gasteiger partial charge in [-0.1, -0.05) is 12.8 Å². The fraction of sp³-hybridized carbons (Fsp3) is 1.00. The Morgan fingerprint density at radius 1 is 1.20 bits per heavy atom. The summed E-state index contributed by atoms with van der Waals surface area (Å²) in [6.45, 7) is 0.801. The van der Waals surface area contributed by atoms with Crippen LogP contribution in [-0.2, 0) is 4.74 Å². The quantitative estimate of drug-likeness (QED) is 0.544. The van der Waals surface area contributed by atoms with Gasteiger partial charge in [0.25, 0.3) is 0 Å². The van der Waals surface area contributed by atoms with Gasteiger partial charge in [0.1, 0.15) is 0 Å². The maximum Gasteiger partial charge on any atom is 0.0625 e. The summed E-state index contributed by atoms with van der Waals surface area (Å²) < 4.78 is 5.54. The van der Waals surface area contributed by atoms with Crippen molar-refractivity contribution in [3.8, 4) is 0 Å². The van der Waals surface area contributed by atoms with Gasteiger partial charge >= 0.3 is 0 Å². The van der Waals surface area contributed by atoms with Crippen molar-refractivity contribution in [2.24, 2.45) is 11.7 Å². The van der Waals surface area contributed by atoms with Crippen LogP contribution in [0.25, 0.3) is 0 Å². The molecule has 2 nitrogen and oxygen atoms in total. The van der Waals surface area contributed by atoms with E-state index in [1.807, 2.05) is 0 Å². The largest absolute Gasteiger partial charge is 0.376 e. The van der Waals surface area contributed by atoms with Gasteiger partial charge < -0.3 is 10.5 Å². The molecule has 10 heavy (non-hydrogen) atoms. The monoisotopic (exact) mass is 141 g/mol. The lowest BCUT2D eigenvalue weighted by Crippen LogP contribution is -2.33. The average molecular weight is 141 g/mol. The summed E-state index contributed by atoms with van der Waals surface area (Å²) in [6, 6.07) is 0.338. The highest BCUT2D eigenvalue weighted by molar-refractivity contribution is 4.88. The molecule has 1 saturated heterocycles. The zero-order chi connectivity index (χ0) is 6.97. The van der Waals surface area contributed by atoms with Crippen LogP contribution in [0.3, 0.4) is 0 Å². The summed E-state index contributed by atoms with van der Waals surface area (Å²) in [5, 5.41) is 0. The van der Waals surface area contributed by atoms with Crippen molar-refractivity contribution in [2.75, 3.05) is 6.61 Å². The lowest BCUT2D eigenvalue weighted by molar-refractivity contribution is 0.0663. The fourth-order valence-corrected chi connectivity index (χ4v) is 2.18. The second-order valence-electron chi connectivity index (χ2n) is 3.48. The van der Waals surface area contributed by atoms with Crippen molar-refractivity contribution in [1.29, 1.82) is 0 Å². The molecule has 3 atom stereocenters. The van der Waals surface area contributed by atoms with E-state index < -0.39 is 0 Å². The maximum atomic E-state index is 5.86. The molecule has 2 N–H and O–H groups in total. The van der Waals surface area contributed by atoms with Gasteiger partial charge in [0.05, 0.1) is 12.7 Å². The van der Waals surface area contributed by atoms with Gasteiger partial charge in [-0.25, -0.2) is 0 Å². The van der Waals surface area contributed by atoms with Crippen LogP contribution in [-0.4, -0.2) is 18.8 Å². The lowest BCUT2D eigenvalue weighted by atomic mass is 9.84. The molecule has 2 fully saturated rings. The van der Waals surface area contributed by atoms with Gasteiger partial charge in [-0.2, -0.15) is 0 Å². The van der Waals surface area contributed by atoms with Gasteiger partial charge in [0.2, 0.25) is 0 Å². The van der Waals surface area contributed by atoms with Gasteiger partial charge in [-0.3, -0.25) is 0 Å². The van der Waals surface area contributed by atoms with Gasteiger partial charge in [-0.05, 0) is 12.8 Å². The molecule has 2 aliphatic rings. The van der Waals surface area contributed by atoms with Crippen molar-refractivity contribution < 1.29 is 4.74 Å². The Hall–Kier alpha value is -0.0800. The normalized spacial score (nSPS) is 47.1. The Bertz CT molecular complexity index is 124. The molecule has 0 aromatic rings. The summed E-state index contributed by atoms with van der Waals surface area (Å²) >= 11 is 0. The second kappa shape index (κ2) is 2.51. The first-order chi connectivity index (χ1) is 4.88. The van der Waals surface area contributed by atoms with Crippen molar-refractivity contribution in [1.82, 2.24) is 0 Å². The Morgan fingerprint density at radius 2 is 2.00 bits per heavy atom. The molecule has 2 heteroatoms. The molecule has 0 radical (unpaired) electrons. The second-order valence-corrected chi connectivity index (χ2v) is 3.48. The van der Waals surface area contributed by atoms with Crippen LogP contribution in [0, 0.1) is 5.92 Å². The highest BCUT2D eigenvalue weighted by atomic mass is 16.5. The first-order valence-corrected chi connectivity index (χ1v) is 4.25. The summed E-state index contributed by atoms with van der Waals surface area (Å²) in [6.07, 6.45) is 5.76. The number of ether oxygens (including phenoxy) is 1. The smallest absolute Gasteiger partial charge is 0.0625 e. The molecule has 1 saturated carbocycles. The zero-order valence-corrected chi connectivity index (χ0v) is 6.25. The Kier molecular flexibility index (Phi) is 1.66. The summed E-state index contributed by atoms with van der Waals surface area (Å²) in [5.41, 5.74) is 5.86. The SMILES string of the molecule is N[C@@H]1CO[C@@H]2CCCC[C@H]12. The number of hydrogen-bond acceptors (Lipinski definition) is 2. The van der Waals surface area contributed by atoms with Crippen molar-refractivity contribution in [3.63, 3.8) is 0 Å². The minimum absolute atomic E-state index is 0.338. The first kappa shape index (κ1) is 6.62. The molecule has 0 amide bonds. The number of hydrogen-bond donors (Lipinski definition) is 1. The topological polar surface area (TPSA) is 35.2 Å². The minimum atomic E-state index is 0.338. The predicted octanol–water partition coefficient (Wildman–Crippen LogP) is 0.903. The molecule has 58 valence electrons. The number of rotatable bonds is 0. The molecule has 1 aliphatic carbocycles. The van der Waals surface area contributed by atoms with E-state index in [9.17, 15) is 0 Å². The van der Waals surface area contributed by atoms with Crippen LogP contribution in [0.4, 0.5) is 0 Å². The third-order valence-electron chi connectivity index (χ3n) is 2.81. The highest BCUT2D eigenvalue weighted by Crippen LogP contribution is 2.33. The molecule has 0 aromatic carbocycles. The predicted molar refractivity (Wildman–Crippen MR) is 39.7 cm³/mol. The molecule has 0 unspecified atom stereocenters. The molecular weight excluding hydrogens is 126 g/mol. The molecule has 1 aliphatic heterocycles. The third-order valence-corrected chi connectivity index (χ3v) is 2.81. The molecule has 0 spiro atoms. The highest BCUT2D eigenvalue weighted by Gasteiger charge is 2.36. The van der Waals surface area contributed by atoms with Crippen LogP contribution >= 0.6 is 0 Å². The zero-order valence-electron chi connectivity index (χ0n) is 6.25. The van der Waals surface area contributed by atoms with E-state index in [0.29, 0.717) is 18.1 Å². The standard InChI is InChI=1S/C8H15NO/c9-7-5-10-8-4-2-1-3-6(7)8/h6-8H,1-5,9H2/t6-,7-,8-/m1/s1. The fourth-order valence-electron chi connectivity index (χ4n) is 2.18. The first-order valence-electron chi connectivity index (χ1n) is 4.25. The number of fused-ring (bicyclic) bond motifs is 1. The van der Waals surface area contributed by atoms with Crippen LogP contribution in [0.15, 0.2) is 0 Å². The Morgan fingerprint density at radius 3 is 2.80 bits per heavy atom. The van der Waals surface area contributed by atoms with Crippen LogP contribution < -0.4 is 5.73 Å². The van der Waals surface area contributed by atoms with E-state index in [4.69, 9.17) is 10.5 Å². The Labute approximate surface area is 61.7 Å². The van der Waals surface area contributed by atoms with E-state index in [1.165, 1.54) is 25.7 Å². The van der Waals surface area contributed by atoms with Crippen molar-refractivity contribution in [3.05, 3.63) is 0 Å². The molecule has 0 aromatic heterocycles. The summed E-state index contributed by atoms with van der Waals surface area (Å²) in [5.74, 6) is 0.689. The minimum Gasteiger partial charge on any atom is -0.376 e. The van der Waals surface area contributed by atoms with E-state index in [2.05, 4.69) is 0 Å².